The second kappa shape index (κ2) is 8.23. The van der Waals surface area contributed by atoms with Crippen LogP contribution in [0.15, 0.2) is 48.5 Å². The van der Waals surface area contributed by atoms with Gasteiger partial charge in [0.25, 0.3) is 0 Å². The minimum Gasteiger partial charge on any atom is -0.497 e. The van der Waals surface area contributed by atoms with E-state index < -0.39 is 12.0 Å². The molecular weight excluding hydrogens is 330 g/mol. The maximum Gasteiger partial charge on any atom is 0.320 e. The van der Waals surface area contributed by atoms with Gasteiger partial charge in [0.2, 0.25) is 0 Å². The van der Waals surface area contributed by atoms with Crippen LogP contribution in [0.1, 0.15) is 36.4 Å². The molecule has 2 aromatic rings. The van der Waals surface area contributed by atoms with Crippen molar-refractivity contribution in [2.24, 2.45) is 0 Å². The SMILES string of the molecule is COc1ccc(C(c2cccc(OC)c2)N2CCCCC2C(=O)O)cc1. The summed E-state index contributed by atoms with van der Waals surface area (Å²) in [4.78, 5) is 14.0. The molecule has 138 valence electrons. The fourth-order valence-corrected chi connectivity index (χ4v) is 3.70. The van der Waals surface area contributed by atoms with Gasteiger partial charge in [-0.05, 0) is 54.8 Å². The summed E-state index contributed by atoms with van der Waals surface area (Å²) in [5, 5.41) is 9.75. The van der Waals surface area contributed by atoms with Gasteiger partial charge in [0.1, 0.15) is 17.5 Å². The molecule has 2 aromatic carbocycles. The van der Waals surface area contributed by atoms with E-state index in [1.54, 1.807) is 14.2 Å². The fraction of sp³-hybridized carbons (Fsp3) is 0.381. The third kappa shape index (κ3) is 3.83. The Morgan fingerprint density at radius 2 is 1.77 bits per heavy atom. The van der Waals surface area contributed by atoms with Crippen molar-refractivity contribution in [1.82, 2.24) is 4.90 Å². The van der Waals surface area contributed by atoms with Crippen LogP contribution < -0.4 is 9.47 Å². The highest BCUT2D eigenvalue weighted by Crippen LogP contribution is 2.36. The Bertz CT molecular complexity index is 744. The molecule has 0 spiro atoms. The fourth-order valence-electron chi connectivity index (χ4n) is 3.70. The van der Waals surface area contributed by atoms with Crippen LogP contribution in [-0.2, 0) is 4.79 Å². The topological polar surface area (TPSA) is 59.0 Å². The smallest absolute Gasteiger partial charge is 0.320 e. The molecule has 1 aliphatic heterocycles. The molecule has 0 aliphatic carbocycles. The van der Waals surface area contributed by atoms with E-state index in [1.807, 2.05) is 48.5 Å². The van der Waals surface area contributed by atoms with E-state index in [0.717, 1.165) is 42.0 Å². The predicted octanol–water partition coefficient (Wildman–Crippen LogP) is 3.73. The first kappa shape index (κ1) is 18.3. The molecule has 0 amide bonds. The van der Waals surface area contributed by atoms with Crippen molar-refractivity contribution in [3.8, 4) is 11.5 Å². The van der Waals surface area contributed by atoms with Crippen molar-refractivity contribution in [2.75, 3.05) is 20.8 Å². The minimum absolute atomic E-state index is 0.141. The van der Waals surface area contributed by atoms with Gasteiger partial charge in [0, 0.05) is 0 Å². The maximum absolute atomic E-state index is 11.9. The van der Waals surface area contributed by atoms with Crippen LogP contribution in [0, 0.1) is 0 Å². The van der Waals surface area contributed by atoms with Gasteiger partial charge in [-0.2, -0.15) is 0 Å². The van der Waals surface area contributed by atoms with E-state index in [4.69, 9.17) is 9.47 Å². The molecule has 0 radical (unpaired) electrons. The van der Waals surface area contributed by atoms with Crippen molar-refractivity contribution in [3.05, 3.63) is 59.7 Å². The normalized spacial score (nSPS) is 18.9. The average Bonchev–Trinajstić information content (AvgIpc) is 2.69. The van der Waals surface area contributed by atoms with Crippen LogP contribution in [-0.4, -0.2) is 42.8 Å². The molecule has 1 heterocycles. The number of rotatable bonds is 6. The van der Waals surface area contributed by atoms with Crippen molar-refractivity contribution < 1.29 is 19.4 Å². The summed E-state index contributed by atoms with van der Waals surface area (Å²) in [6.45, 7) is 0.755. The summed E-state index contributed by atoms with van der Waals surface area (Å²) < 4.78 is 10.7. The van der Waals surface area contributed by atoms with Crippen LogP contribution in [0.5, 0.6) is 11.5 Å². The van der Waals surface area contributed by atoms with Crippen LogP contribution >= 0.6 is 0 Å². The van der Waals surface area contributed by atoms with Gasteiger partial charge in [-0.15, -0.1) is 0 Å². The van der Waals surface area contributed by atoms with E-state index in [9.17, 15) is 9.90 Å². The number of hydrogen-bond acceptors (Lipinski definition) is 4. The lowest BCUT2D eigenvalue weighted by Gasteiger charge is -2.39. The predicted molar refractivity (Wildman–Crippen MR) is 99.8 cm³/mol. The zero-order valence-corrected chi connectivity index (χ0v) is 15.2. The van der Waals surface area contributed by atoms with Gasteiger partial charge >= 0.3 is 5.97 Å². The van der Waals surface area contributed by atoms with Gasteiger partial charge in [0.15, 0.2) is 0 Å². The summed E-state index contributed by atoms with van der Waals surface area (Å²) in [5.74, 6) is 0.794. The van der Waals surface area contributed by atoms with Crippen LogP contribution in [0.25, 0.3) is 0 Å². The number of piperidine rings is 1. The Morgan fingerprint density at radius 1 is 1.04 bits per heavy atom. The molecule has 5 heteroatoms. The molecule has 1 N–H and O–H groups in total. The van der Waals surface area contributed by atoms with E-state index >= 15 is 0 Å². The van der Waals surface area contributed by atoms with Gasteiger partial charge in [-0.3, -0.25) is 9.69 Å². The number of aliphatic carboxylic acids is 1. The zero-order valence-electron chi connectivity index (χ0n) is 15.2. The lowest BCUT2D eigenvalue weighted by molar-refractivity contribution is -0.145. The zero-order chi connectivity index (χ0) is 18.5. The van der Waals surface area contributed by atoms with E-state index in [1.165, 1.54) is 0 Å². The molecule has 3 rings (SSSR count). The highest BCUT2D eigenvalue weighted by atomic mass is 16.5. The van der Waals surface area contributed by atoms with Crippen molar-refractivity contribution in [1.29, 1.82) is 0 Å². The first-order valence-corrected chi connectivity index (χ1v) is 8.90. The Balaban J connectivity index is 2.06. The number of ether oxygens (including phenoxy) is 2. The first-order valence-electron chi connectivity index (χ1n) is 8.90. The first-order chi connectivity index (χ1) is 12.6. The van der Waals surface area contributed by atoms with Gasteiger partial charge in [0.05, 0.1) is 20.3 Å². The number of carboxylic acid groups (broad SMARTS) is 1. The third-order valence-electron chi connectivity index (χ3n) is 5.00. The summed E-state index contributed by atoms with van der Waals surface area (Å²) >= 11 is 0. The van der Waals surface area contributed by atoms with Crippen molar-refractivity contribution in [3.63, 3.8) is 0 Å². The Kier molecular flexibility index (Phi) is 5.78. The van der Waals surface area contributed by atoms with E-state index in [0.29, 0.717) is 6.42 Å². The lowest BCUT2D eigenvalue weighted by Crippen LogP contribution is -2.46. The van der Waals surface area contributed by atoms with Crippen LogP contribution in [0.4, 0.5) is 0 Å². The summed E-state index contributed by atoms with van der Waals surface area (Å²) in [5.41, 5.74) is 2.08. The molecule has 0 bridgehead atoms. The summed E-state index contributed by atoms with van der Waals surface area (Å²) in [7, 11) is 3.28. The highest BCUT2D eigenvalue weighted by Gasteiger charge is 2.35. The number of nitrogens with zero attached hydrogens (tertiary/aromatic N) is 1. The molecule has 2 atom stereocenters. The Morgan fingerprint density at radius 3 is 2.42 bits per heavy atom. The van der Waals surface area contributed by atoms with Crippen molar-refractivity contribution in [2.45, 2.75) is 31.3 Å². The monoisotopic (exact) mass is 355 g/mol. The quantitative estimate of drug-likeness (QED) is 0.855. The number of benzene rings is 2. The number of likely N-dealkylation sites (tertiary alicyclic amines) is 1. The molecule has 0 aromatic heterocycles. The molecule has 1 saturated heterocycles. The van der Waals surface area contributed by atoms with Gasteiger partial charge in [-0.25, -0.2) is 0 Å². The maximum atomic E-state index is 11.9. The van der Waals surface area contributed by atoms with Crippen LogP contribution in [0.3, 0.4) is 0 Å². The standard InChI is InChI=1S/C21H25NO4/c1-25-17-11-9-15(10-12-17)20(16-6-5-7-18(14-16)26-2)22-13-4-3-8-19(22)21(23)24/h5-7,9-12,14,19-20H,3-4,8,13H2,1-2H3,(H,23,24). The van der Waals surface area contributed by atoms with Gasteiger partial charge < -0.3 is 14.6 Å². The molecular formula is C21H25NO4. The second-order valence-corrected chi connectivity index (χ2v) is 6.54. The lowest BCUT2D eigenvalue weighted by atomic mass is 9.91. The minimum atomic E-state index is -0.758. The molecule has 0 saturated carbocycles. The molecule has 2 unspecified atom stereocenters. The summed E-state index contributed by atoms with van der Waals surface area (Å²) in [6, 6.07) is 15.1. The second-order valence-electron chi connectivity index (χ2n) is 6.54. The molecule has 26 heavy (non-hydrogen) atoms. The largest absolute Gasteiger partial charge is 0.497 e. The molecule has 5 nitrogen and oxygen atoms in total. The number of hydrogen-bond donors (Lipinski definition) is 1. The Hall–Kier alpha value is -2.53. The van der Waals surface area contributed by atoms with Crippen LogP contribution in [0.2, 0.25) is 0 Å². The third-order valence-corrected chi connectivity index (χ3v) is 5.00. The highest BCUT2D eigenvalue weighted by molar-refractivity contribution is 5.73. The average molecular weight is 355 g/mol. The van der Waals surface area contributed by atoms with Gasteiger partial charge in [-0.1, -0.05) is 30.7 Å². The van der Waals surface area contributed by atoms with E-state index in [-0.39, 0.29) is 6.04 Å². The number of carbonyl (C=O) groups is 1. The summed E-state index contributed by atoms with van der Waals surface area (Å²) in [6.07, 6.45) is 2.62. The number of carboxylic acids is 1. The Labute approximate surface area is 154 Å². The molecule has 1 fully saturated rings. The van der Waals surface area contributed by atoms with Crippen molar-refractivity contribution >= 4 is 5.97 Å². The number of methoxy groups -OCH3 is 2. The molecule has 1 aliphatic rings. The van der Waals surface area contributed by atoms with E-state index in [2.05, 4.69) is 4.90 Å².